The zero-order valence-corrected chi connectivity index (χ0v) is 18.6. The smallest absolute Gasteiger partial charge is 0.260 e. The van der Waals surface area contributed by atoms with E-state index in [1.165, 1.54) is 0 Å². The lowest BCUT2D eigenvalue weighted by Crippen LogP contribution is -2.32. The van der Waals surface area contributed by atoms with Gasteiger partial charge in [-0.15, -0.1) is 0 Å². The molecular weight excluding hydrogens is 420 g/mol. The highest BCUT2D eigenvalue weighted by Crippen LogP contribution is 2.22. The molecule has 1 amide bonds. The number of likely N-dealkylation sites (tertiary alicyclic amines) is 1. The molecule has 0 radical (unpaired) electrons. The van der Waals surface area contributed by atoms with Crippen LogP contribution in [0, 0.1) is 6.92 Å². The number of anilines is 1. The molecule has 1 aliphatic heterocycles. The third-order valence-electron chi connectivity index (χ3n) is 4.93. The molecule has 0 unspecified atom stereocenters. The molecular formula is C22H25ClN4O2S. The lowest BCUT2D eigenvalue weighted by Gasteiger charge is -2.15. The Morgan fingerprint density at radius 3 is 2.60 bits per heavy atom. The largest absolute Gasteiger partial charge is 0.484 e. The summed E-state index contributed by atoms with van der Waals surface area (Å²) < 4.78 is 5.61. The molecule has 1 heterocycles. The quantitative estimate of drug-likeness (QED) is 0.393. The number of carbonyl (C=O) groups excluding carboxylic acids is 1. The van der Waals surface area contributed by atoms with Gasteiger partial charge in [-0.2, -0.15) is 5.10 Å². The molecule has 8 heteroatoms. The van der Waals surface area contributed by atoms with E-state index < -0.39 is 0 Å². The third kappa shape index (κ3) is 5.93. The van der Waals surface area contributed by atoms with E-state index in [9.17, 15) is 4.79 Å². The van der Waals surface area contributed by atoms with Gasteiger partial charge in [-0.05, 0) is 86.4 Å². The fourth-order valence-corrected chi connectivity index (χ4v) is 3.42. The van der Waals surface area contributed by atoms with Gasteiger partial charge in [0.05, 0.1) is 5.71 Å². The van der Waals surface area contributed by atoms with E-state index in [1.54, 1.807) is 0 Å². The maximum absolute atomic E-state index is 12.1. The van der Waals surface area contributed by atoms with Gasteiger partial charge in [0.1, 0.15) is 5.75 Å². The summed E-state index contributed by atoms with van der Waals surface area (Å²) in [6, 6.07) is 13.0. The van der Waals surface area contributed by atoms with Gasteiger partial charge < -0.3 is 15.0 Å². The topological polar surface area (TPSA) is 66.0 Å². The number of benzene rings is 2. The van der Waals surface area contributed by atoms with Crippen LogP contribution < -0.4 is 15.5 Å². The fourth-order valence-electron chi connectivity index (χ4n) is 3.09. The second kappa shape index (κ2) is 10.4. The molecule has 2 aromatic rings. The number of carbonyl (C=O) groups is 1. The first-order valence-electron chi connectivity index (χ1n) is 9.81. The number of thiocarbonyl (C=S) groups is 1. The van der Waals surface area contributed by atoms with Gasteiger partial charge in [-0.1, -0.05) is 17.7 Å². The van der Waals surface area contributed by atoms with Crippen molar-refractivity contribution in [1.82, 2.24) is 10.3 Å². The summed E-state index contributed by atoms with van der Waals surface area (Å²) in [4.78, 5) is 13.9. The second-order valence-electron chi connectivity index (χ2n) is 7.08. The maximum atomic E-state index is 12.1. The molecule has 0 aromatic heterocycles. The number of rotatable bonds is 6. The Hall–Kier alpha value is -2.64. The Balaban J connectivity index is 1.51. The monoisotopic (exact) mass is 444 g/mol. The van der Waals surface area contributed by atoms with Gasteiger partial charge in [-0.25, -0.2) is 0 Å². The number of halogens is 1. The van der Waals surface area contributed by atoms with E-state index in [0.717, 1.165) is 48.5 Å². The number of hydrazone groups is 1. The maximum Gasteiger partial charge on any atom is 0.260 e. The molecule has 1 aliphatic rings. The minimum atomic E-state index is 0.0365. The van der Waals surface area contributed by atoms with Gasteiger partial charge in [0.15, 0.2) is 11.7 Å². The van der Waals surface area contributed by atoms with Crippen molar-refractivity contribution in [3.8, 4) is 5.75 Å². The van der Waals surface area contributed by atoms with E-state index in [2.05, 4.69) is 15.8 Å². The molecule has 0 bridgehead atoms. The Morgan fingerprint density at radius 2 is 1.90 bits per heavy atom. The van der Waals surface area contributed by atoms with Crippen molar-refractivity contribution in [2.45, 2.75) is 26.7 Å². The molecule has 3 rings (SSSR count). The average molecular weight is 445 g/mol. The minimum absolute atomic E-state index is 0.0365. The molecule has 6 nitrogen and oxygen atoms in total. The van der Waals surface area contributed by atoms with Crippen LogP contribution >= 0.6 is 23.8 Å². The molecule has 0 spiro atoms. The molecule has 1 fully saturated rings. The molecule has 2 aromatic carbocycles. The summed E-state index contributed by atoms with van der Waals surface area (Å²) in [5.41, 5.74) is 6.28. The summed E-state index contributed by atoms with van der Waals surface area (Å²) in [5, 5.41) is 8.47. The van der Waals surface area contributed by atoms with Gasteiger partial charge >= 0.3 is 0 Å². The van der Waals surface area contributed by atoms with Crippen molar-refractivity contribution in [2.75, 3.05) is 25.0 Å². The van der Waals surface area contributed by atoms with Crippen LogP contribution in [0.4, 0.5) is 5.69 Å². The Kier molecular flexibility index (Phi) is 7.65. The van der Waals surface area contributed by atoms with Gasteiger partial charge in [0.25, 0.3) is 5.91 Å². The van der Waals surface area contributed by atoms with Crippen LogP contribution in [0.2, 0.25) is 5.02 Å². The molecule has 158 valence electrons. The van der Waals surface area contributed by atoms with Crippen LogP contribution in [0.1, 0.15) is 30.9 Å². The Labute approximate surface area is 187 Å². The predicted octanol–water partition coefficient (Wildman–Crippen LogP) is 4.36. The van der Waals surface area contributed by atoms with Crippen molar-refractivity contribution in [1.29, 1.82) is 0 Å². The van der Waals surface area contributed by atoms with Crippen LogP contribution in [-0.4, -0.2) is 41.3 Å². The summed E-state index contributed by atoms with van der Waals surface area (Å²) in [6.45, 7) is 5.53. The summed E-state index contributed by atoms with van der Waals surface area (Å²) in [6.07, 6.45) is 2.15. The normalized spacial score (nSPS) is 13.8. The van der Waals surface area contributed by atoms with Crippen molar-refractivity contribution in [3.63, 3.8) is 0 Å². The zero-order valence-electron chi connectivity index (χ0n) is 17.1. The number of hydrogen-bond acceptors (Lipinski definition) is 4. The molecule has 0 saturated carbocycles. The Bertz CT molecular complexity index is 941. The average Bonchev–Trinajstić information content (AvgIpc) is 3.29. The first kappa shape index (κ1) is 22.1. The number of amides is 1. The lowest BCUT2D eigenvalue weighted by atomic mass is 10.1. The van der Waals surface area contributed by atoms with E-state index >= 15 is 0 Å². The fraction of sp³-hybridized carbons (Fsp3) is 0.318. The molecule has 1 saturated heterocycles. The van der Waals surface area contributed by atoms with E-state index in [-0.39, 0.29) is 12.5 Å². The first-order chi connectivity index (χ1) is 14.4. The van der Waals surface area contributed by atoms with Gasteiger partial charge in [0.2, 0.25) is 0 Å². The van der Waals surface area contributed by atoms with Crippen LogP contribution in [0.3, 0.4) is 0 Å². The summed E-state index contributed by atoms with van der Waals surface area (Å²) in [5.74, 6) is 0.690. The predicted molar refractivity (Wildman–Crippen MR) is 126 cm³/mol. The number of ether oxygens (including phenoxy) is 1. The second-order valence-corrected chi connectivity index (χ2v) is 7.89. The third-order valence-corrected chi connectivity index (χ3v) is 5.54. The number of nitrogens with one attached hydrogen (secondary N) is 2. The highest BCUT2D eigenvalue weighted by molar-refractivity contribution is 7.80. The zero-order chi connectivity index (χ0) is 21.5. The Morgan fingerprint density at radius 1 is 1.20 bits per heavy atom. The van der Waals surface area contributed by atoms with Crippen LogP contribution in [-0.2, 0) is 4.79 Å². The van der Waals surface area contributed by atoms with Crippen molar-refractivity contribution in [3.05, 3.63) is 58.6 Å². The van der Waals surface area contributed by atoms with Crippen molar-refractivity contribution in [2.24, 2.45) is 5.10 Å². The van der Waals surface area contributed by atoms with Crippen molar-refractivity contribution >= 4 is 46.2 Å². The summed E-state index contributed by atoms with van der Waals surface area (Å²) in [7, 11) is 0. The molecule has 0 atom stereocenters. The van der Waals surface area contributed by atoms with Crippen molar-refractivity contribution < 1.29 is 9.53 Å². The van der Waals surface area contributed by atoms with Gasteiger partial charge in [0, 0.05) is 23.8 Å². The standard InChI is InChI=1S/C22H25ClN4O2S/c1-15-19(23)6-5-7-20(15)24-22(30)26-25-16(2)17-8-10-18(11-9-17)29-14-21(28)27-12-3-4-13-27/h5-11H,3-4,12-14H2,1-2H3,(H2,24,26,30). The highest BCUT2D eigenvalue weighted by atomic mass is 35.5. The minimum Gasteiger partial charge on any atom is -0.484 e. The van der Waals surface area contributed by atoms with Crippen LogP contribution in [0.25, 0.3) is 0 Å². The molecule has 30 heavy (non-hydrogen) atoms. The lowest BCUT2D eigenvalue weighted by molar-refractivity contribution is -0.132. The highest BCUT2D eigenvalue weighted by Gasteiger charge is 2.18. The molecule has 2 N–H and O–H groups in total. The van der Waals surface area contributed by atoms with Crippen LogP contribution in [0.5, 0.6) is 5.75 Å². The molecule has 0 aliphatic carbocycles. The van der Waals surface area contributed by atoms with Crippen LogP contribution in [0.15, 0.2) is 47.6 Å². The number of hydrogen-bond donors (Lipinski definition) is 2. The first-order valence-corrected chi connectivity index (χ1v) is 10.6. The summed E-state index contributed by atoms with van der Waals surface area (Å²) >= 11 is 11.4. The van der Waals surface area contributed by atoms with Gasteiger partial charge in [-0.3, -0.25) is 10.2 Å². The van der Waals surface area contributed by atoms with E-state index in [1.807, 2.05) is 61.2 Å². The van der Waals surface area contributed by atoms with E-state index in [0.29, 0.717) is 15.9 Å². The number of nitrogens with zero attached hydrogens (tertiary/aromatic N) is 2. The van der Waals surface area contributed by atoms with E-state index in [4.69, 9.17) is 28.6 Å². The SMILES string of the molecule is CC(=NNC(=S)Nc1cccc(Cl)c1C)c1ccc(OCC(=O)N2CCCC2)cc1.